The van der Waals surface area contributed by atoms with E-state index >= 15 is 0 Å². The van der Waals surface area contributed by atoms with E-state index < -0.39 is 5.97 Å². The third kappa shape index (κ3) is 3.00. The Morgan fingerprint density at radius 3 is 2.72 bits per heavy atom. The van der Waals surface area contributed by atoms with Crippen LogP contribution < -0.4 is 4.74 Å². The molecule has 0 aliphatic heterocycles. The van der Waals surface area contributed by atoms with Crippen molar-refractivity contribution in [3.8, 4) is 5.75 Å². The Bertz CT molecular complexity index is 432. The summed E-state index contributed by atoms with van der Waals surface area (Å²) in [7, 11) is 0. The molecule has 1 aliphatic rings. The van der Waals surface area contributed by atoms with E-state index in [1.165, 1.54) is 18.5 Å². The molecule has 0 unspecified atom stereocenters. The number of hydrogen-bond acceptors (Lipinski definition) is 3. The van der Waals surface area contributed by atoms with E-state index in [0.29, 0.717) is 11.2 Å². The molecule has 1 heterocycles. The van der Waals surface area contributed by atoms with E-state index in [4.69, 9.17) is 9.84 Å². The molecule has 0 spiro atoms. The summed E-state index contributed by atoms with van der Waals surface area (Å²) in [5.41, 5.74) is 0.569. The van der Waals surface area contributed by atoms with Gasteiger partial charge in [0.15, 0.2) is 5.75 Å². The number of hydrogen-bond donors (Lipinski definition) is 1. The molecule has 4 heteroatoms. The molecule has 2 rings (SSSR count). The minimum Gasteiger partial charge on any atom is -0.488 e. The van der Waals surface area contributed by atoms with Crippen molar-refractivity contribution in [1.82, 2.24) is 4.98 Å². The maximum atomic E-state index is 11.1. The van der Waals surface area contributed by atoms with Crippen LogP contribution in [0.4, 0.5) is 0 Å². The Kier molecular flexibility index (Phi) is 3.55. The lowest BCUT2D eigenvalue weighted by atomic mass is 9.76. The van der Waals surface area contributed by atoms with Gasteiger partial charge in [-0.1, -0.05) is 13.8 Å². The fourth-order valence-electron chi connectivity index (χ4n) is 2.32. The molecule has 0 atom stereocenters. The zero-order valence-corrected chi connectivity index (χ0v) is 10.8. The summed E-state index contributed by atoms with van der Waals surface area (Å²) in [4.78, 5) is 15.0. The second kappa shape index (κ2) is 4.96. The third-order valence-electron chi connectivity index (χ3n) is 3.59. The lowest BCUT2D eigenvalue weighted by Crippen LogP contribution is -2.28. The van der Waals surface area contributed by atoms with Crippen molar-refractivity contribution < 1.29 is 14.6 Å². The predicted octanol–water partition coefficient (Wildman–Crippen LogP) is 3.13. The quantitative estimate of drug-likeness (QED) is 0.894. The van der Waals surface area contributed by atoms with Gasteiger partial charge in [-0.15, -0.1) is 0 Å². The standard InChI is InChI=1S/C14H19NO3/c1-14(2)6-3-10(4-7-14)18-12-9-15-8-5-11(12)13(16)17/h5,8-10H,3-4,6-7H2,1-2H3,(H,16,17). The SMILES string of the molecule is CC1(C)CCC(Oc2cnccc2C(=O)O)CC1. The maximum Gasteiger partial charge on any atom is 0.339 e. The number of carbonyl (C=O) groups is 1. The topological polar surface area (TPSA) is 59.4 Å². The van der Waals surface area contributed by atoms with Gasteiger partial charge < -0.3 is 9.84 Å². The molecule has 1 aromatic rings. The Hall–Kier alpha value is -1.58. The number of nitrogens with zero attached hydrogens (tertiary/aromatic N) is 1. The zero-order valence-electron chi connectivity index (χ0n) is 10.8. The first-order valence-corrected chi connectivity index (χ1v) is 6.32. The van der Waals surface area contributed by atoms with E-state index in [1.807, 2.05) is 0 Å². The molecule has 0 radical (unpaired) electrons. The second-order valence-electron chi connectivity index (χ2n) is 5.66. The Balaban J connectivity index is 2.04. The van der Waals surface area contributed by atoms with E-state index in [2.05, 4.69) is 18.8 Å². The first-order chi connectivity index (χ1) is 8.48. The summed E-state index contributed by atoms with van der Waals surface area (Å²) in [6.07, 6.45) is 7.24. The van der Waals surface area contributed by atoms with Crippen molar-refractivity contribution in [2.24, 2.45) is 5.41 Å². The van der Waals surface area contributed by atoms with Crippen LogP contribution in [0.2, 0.25) is 0 Å². The summed E-state index contributed by atoms with van der Waals surface area (Å²) in [6.45, 7) is 4.52. The van der Waals surface area contributed by atoms with Gasteiger partial charge >= 0.3 is 5.97 Å². The van der Waals surface area contributed by atoms with Gasteiger partial charge in [0, 0.05) is 6.20 Å². The van der Waals surface area contributed by atoms with Crippen molar-refractivity contribution >= 4 is 5.97 Å². The molecule has 18 heavy (non-hydrogen) atoms. The predicted molar refractivity (Wildman–Crippen MR) is 67.9 cm³/mol. The van der Waals surface area contributed by atoms with E-state index in [-0.39, 0.29) is 11.7 Å². The molecule has 0 aromatic carbocycles. The Morgan fingerprint density at radius 2 is 2.11 bits per heavy atom. The number of rotatable bonds is 3. The Morgan fingerprint density at radius 1 is 1.44 bits per heavy atom. The molecule has 1 aliphatic carbocycles. The van der Waals surface area contributed by atoms with Gasteiger partial charge in [0.25, 0.3) is 0 Å². The molecule has 1 fully saturated rings. The highest BCUT2D eigenvalue weighted by Gasteiger charge is 2.28. The molecule has 98 valence electrons. The average molecular weight is 249 g/mol. The molecule has 1 saturated carbocycles. The highest BCUT2D eigenvalue weighted by atomic mass is 16.5. The lowest BCUT2D eigenvalue weighted by Gasteiger charge is -2.34. The van der Waals surface area contributed by atoms with Crippen LogP contribution in [0.1, 0.15) is 49.9 Å². The van der Waals surface area contributed by atoms with Crippen molar-refractivity contribution in [2.45, 2.75) is 45.6 Å². The number of aromatic nitrogens is 1. The number of aromatic carboxylic acids is 1. The monoisotopic (exact) mass is 249 g/mol. The van der Waals surface area contributed by atoms with Crippen LogP contribution in [0.3, 0.4) is 0 Å². The molecule has 4 nitrogen and oxygen atoms in total. The summed E-state index contributed by atoms with van der Waals surface area (Å²) >= 11 is 0. The number of ether oxygens (including phenoxy) is 1. The normalized spacial score (nSPS) is 19.4. The van der Waals surface area contributed by atoms with Crippen LogP contribution in [0, 0.1) is 5.41 Å². The average Bonchev–Trinajstić information content (AvgIpc) is 2.32. The number of pyridine rings is 1. The van der Waals surface area contributed by atoms with E-state index in [1.54, 1.807) is 0 Å². The first kappa shape index (κ1) is 12.9. The van der Waals surface area contributed by atoms with Crippen molar-refractivity contribution in [3.05, 3.63) is 24.0 Å². The Labute approximate surface area is 107 Å². The van der Waals surface area contributed by atoms with Crippen LogP contribution in [0.25, 0.3) is 0 Å². The van der Waals surface area contributed by atoms with Crippen LogP contribution in [-0.4, -0.2) is 22.2 Å². The molecular weight excluding hydrogens is 230 g/mol. The van der Waals surface area contributed by atoms with Gasteiger partial charge in [0.2, 0.25) is 0 Å². The van der Waals surface area contributed by atoms with Crippen LogP contribution in [0.5, 0.6) is 5.75 Å². The van der Waals surface area contributed by atoms with Crippen molar-refractivity contribution in [3.63, 3.8) is 0 Å². The molecule has 0 saturated heterocycles. The molecular formula is C14H19NO3. The smallest absolute Gasteiger partial charge is 0.339 e. The maximum absolute atomic E-state index is 11.1. The minimum absolute atomic E-state index is 0.111. The van der Waals surface area contributed by atoms with E-state index in [0.717, 1.165) is 25.7 Å². The third-order valence-corrected chi connectivity index (χ3v) is 3.59. The number of carboxylic acids is 1. The fraction of sp³-hybridized carbons (Fsp3) is 0.571. The van der Waals surface area contributed by atoms with Crippen molar-refractivity contribution in [1.29, 1.82) is 0 Å². The molecule has 1 N–H and O–H groups in total. The number of carboxylic acid groups (broad SMARTS) is 1. The first-order valence-electron chi connectivity index (χ1n) is 6.32. The van der Waals surface area contributed by atoms with Crippen LogP contribution in [0.15, 0.2) is 18.5 Å². The summed E-state index contributed by atoms with van der Waals surface area (Å²) in [6, 6.07) is 1.48. The van der Waals surface area contributed by atoms with Gasteiger partial charge in [-0.05, 0) is 37.2 Å². The van der Waals surface area contributed by atoms with Crippen LogP contribution >= 0.6 is 0 Å². The van der Waals surface area contributed by atoms with Gasteiger partial charge in [-0.2, -0.15) is 0 Å². The highest BCUT2D eigenvalue weighted by molar-refractivity contribution is 5.90. The minimum atomic E-state index is -0.969. The van der Waals surface area contributed by atoms with Gasteiger partial charge in [-0.25, -0.2) is 4.79 Å². The summed E-state index contributed by atoms with van der Waals surface area (Å²) < 4.78 is 5.80. The van der Waals surface area contributed by atoms with Gasteiger partial charge in [-0.3, -0.25) is 4.98 Å². The molecule has 0 bridgehead atoms. The zero-order chi connectivity index (χ0) is 13.2. The molecule has 0 amide bonds. The fourth-order valence-corrected chi connectivity index (χ4v) is 2.32. The largest absolute Gasteiger partial charge is 0.488 e. The van der Waals surface area contributed by atoms with Crippen molar-refractivity contribution in [2.75, 3.05) is 0 Å². The lowest BCUT2D eigenvalue weighted by molar-refractivity contribution is 0.0674. The van der Waals surface area contributed by atoms with Crippen LogP contribution in [-0.2, 0) is 0 Å². The van der Waals surface area contributed by atoms with Gasteiger partial charge in [0.1, 0.15) is 5.56 Å². The second-order valence-corrected chi connectivity index (χ2v) is 5.66. The van der Waals surface area contributed by atoms with Gasteiger partial charge in [0.05, 0.1) is 12.3 Å². The summed E-state index contributed by atoms with van der Waals surface area (Å²) in [5, 5.41) is 9.07. The van der Waals surface area contributed by atoms with E-state index in [9.17, 15) is 4.79 Å². The molecule has 1 aromatic heterocycles. The summed E-state index contributed by atoms with van der Waals surface area (Å²) in [5.74, 6) is -0.585. The highest BCUT2D eigenvalue weighted by Crippen LogP contribution is 2.36.